The molecule has 2 nitrogen and oxygen atoms in total. The van der Waals surface area contributed by atoms with Crippen molar-refractivity contribution in [2.45, 2.75) is 12.5 Å². The van der Waals surface area contributed by atoms with Crippen LogP contribution < -0.4 is 9.64 Å². The average Bonchev–Trinajstić information content (AvgIpc) is 2.91. The van der Waals surface area contributed by atoms with Crippen molar-refractivity contribution >= 4 is 21.6 Å². The second kappa shape index (κ2) is 5.83. The SMILES string of the molecule is Fc1ccc(N2CCC(Oc3ccc(Br)cc3)C2)cc1. The summed E-state index contributed by atoms with van der Waals surface area (Å²) in [5.41, 5.74) is 1.05. The van der Waals surface area contributed by atoms with Gasteiger partial charge < -0.3 is 9.64 Å². The zero-order chi connectivity index (χ0) is 13.9. The zero-order valence-electron chi connectivity index (χ0n) is 10.9. The third kappa shape index (κ3) is 3.12. The minimum absolute atomic E-state index is 0.182. The summed E-state index contributed by atoms with van der Waals surface area (Å²) in [5.74, 6) is 0.690. The second-order valence-electron chi connectivity index (χ2n) is 4.90. The van der Waals surface area contributed by atoms with Gasteiger partial charge in [-0.05, 0) is 48.5 Å². The number of ether oxygens (including phenoxy) is 1. The van der Waals surface area contributed by atoms with Crippen molar-refractivity contribution in [2.75, 3.05) is 18.0 Å². The molecule has 0 radical (unpaired) electrons. The van der Waals surface area contributed by atoms with E-state index < -0.39 is 0 Å². The molecule has 4 heteroatoms. The van der Waals surface area contributed by atoms with E-state index in [1.807, 2.05) is 36.4 Å². The first kappa shape index (κ1) is 13.4. The van der Waals surface area contributed by atoms with Crippen LogP contribution in [0.25, 0.3) is 0 Å². The van der Waals surface area contributed by atoms with Gasteiger partial charge in [0.1, 0.15) is 17.7 Å². The van der Waals surface area contributed by atoms with Gasteiger partial charge in [0.25, 0.3) is 0 Å². The maximum atomic E-state index is 12.9. The highest BCUT2D eigenvalue weighted by Crippen LogP contribution is 2.24. The van der Waals surface area contributed by atoms with E-state index in [0.29, 0.717) is 0 Å². The summed E-state index contributed by atoms with van der Waals surface area (Å²) in [6, 6.07) is 14.5. The fourth-order valence-corrected chi connectivity index (χ4v) is 2.68. The number of benzene rings is 2. The van der Waals surface area contributed by atoms with Crippen LogP contribution in [0.5, 0.6) is 5.75 Å². The van der Waals surface area contributed by atoms with Crippen LogP contribution in [0.4, 0.5) is 10.1 Å². The number of nitrogens with zero attached hydrogens (tertiary/aromatic N) is 1. The summed E-state index contributed by atoms with van der Waals surface area (Å²) in [4.78, 5) is 2.23. The molecule has 2 aromatic rings. The Morgan fingerprint density at radius 3 is 2.45 bits per heavy atom. The van der Waals surface area contributed by atoms with Crippen LogP contribution >= 0.6 is 15.9 Å². The van der Waals surface area contributed by atoms with Crippen molar-refractivity contribution in [3.8, 4) is 5.75 Å². The Morgan fingerprint density at radius 2 is 1.75 bits per heavy atom. The van der Waals surface area contributed by atoms with Crippen LogP contribution in [0.2, 0.25) is 0 Å². The first-order chi connectivity index (χ1) is 9.70. The van der Waals surface area contributed by atoms with Crippen LogP contribution in [-0.4, -0.2) is 19.2 Å². The number of halogens is 2. The van der Waals surface area contributed by atoms with E-state index in [2.05, 4.69) is 20.8 Å². The molecule has 3 rings (SSSR count). The first-order valence-electron chi connectivity index (χ1n) is 6.63. The van der Waals surface area contributed by atoms with Crippen LogP contribution in [0.3, 0.4) is 0 Å². The van der Waals surface area contributed by atoms with E-state index in [-0.39, 0.29) is 11.9 Å². The fraction of sp³-hybridized carbons (Fsp3) is 0.250. The van der Waals surface area contributed by atoms with Crippen molar-refractivity contribution < 1.29 is 9.13 Å². The van der Waals surface area contributed by atoms with E-state index in [4.69, 9.17) is 4.74 Å². The third-order valence-electron chi connectivity index (χ3n) is 3.45. The van der Waals surface area contributed by atoms with E-state index in [0.717, 1.165) is 35.4 Å². The minimum Gasteiger partial charge on any atom is -0.489 e. The predicted octanol–water partition coefficient (Wildman–Crippen LogP) is 4.25. The van der Waals surface area contributed by atoms with E-state index in [1.165, 1.54) is 12.1 Å². The van der Waals surface area contributed by atoms with Crippen LogP contribution in [-0.2, 0) is 0 Å². The van der Waals surface area contributed by atoms with E-state index >= 15 is 0 Å². The van der Waals surface area contributed by atoms with Crippen molar-refractivity contribution in [3.05, 3.63) is 58.8 Å². The molecule has 1 unspecified atom stereocenters. The van der Waals surface area contributed by atoms with Crippen molar-refractivity contribution in [1.29, 1.82) is 0 Å². The molecule has 1 fully saturated rings. The Morgan fingerprint density at radius 1 is 1.05 bits per heavy atom. The molecule has 1 saturated heterocycles. The molecule has 0 aliphatic carbocycles. The molecule has 1 heterocycles. The second-order valence-corrected chi connectivity index (χ2v) is 5.82. The molecule has 0 bridgehead atoms. The monoisotopic (exact) mass is 335 g/mol. The lowest BCUT2D eigenvalue weighted by molar-refractivity contribution is 0.225. The number of hydrogen-bond acceptors (Lipinski definition) is 2. The molecule has 0 aromatic heterocycles. The third-order valence-corrected chi connectivity index (χ3v) is 3.98. The van der Waals surface area contributed by atoms with Gasteiger partial charge in [0.2, 0.25) is 0 Å². The number of anilines is 1. The molecule has 0 saturated carbocycles. The van der Waals surface area contributed by atoms with Crippen molar-refractivity contribution in [1.82, 2.24) is 0 Å². The lowest BCUT2D eigenvalue weighted by atomic mass is 10.3. The average molecular weight is 336 g/mol. The van der Waals surface area contributed by atoms with Gasteiger partial charge >= 0.3 is 0 Å². The zero-order valence-corrected chi connectivity index (χ0v) is 12.5. The summed E-state index contributed by atoms with van der Waals surface area (Å²) >= 11 is 3.41. The summed E-state index contributed by atoms with van der Waals surface area (Å²) in [7, 11) is 0. The molecular weight excluding hydrogens is 321 g/mol. The normalized spacial score (nSPS) is 18.3. The minimum atomic E-state index is -0.199. The Bertz CT molecular complexity index is 570. The van der Waals surface area contributed by atoms with E-state index in [9.17, 15) is 4.39 Å². The van der Waals surface area contributed by atoms with Gasteiger partial charge in [-0.1, -0.05) is 15.9 Å². The van der Waals surface area contributed by atoms with Gasteiger partial charge in [0.05, 0.1) is 6.54 Å². The molecule has 1 atom stereocenters. The largest absolute Gasteiger partial charge is 0.489 e. The Balaban J connectivity index is 1.62. The highest BCUT2D eigenvalue weighted by molar-refractivity contribution is 9.10. The molecule has 0 spiro atoms. The maximum absolute atomic E-state index is 12.9. The quantitative estimate of drug-likeness (QED) is 0.831. The molecule has 2 aromatic carbocycles. The van der Waals surface area contributed by atoms with Gasteiger partial charge in [0, 0.05) is 23.1 Å². The Labute approximate surface area is 126 Å². The Kier molecular flexibility index (Phi) is 3.92. The van der Waals surface area contributed by atoms with Crippen LogP contribution in [0.1, 0.15) is 6.42 Å². The van der Waals surface area contributed by atoms with Gasteiger partial charge in [-0.25, -0.2) is 4.39 Å². The van der Waals surface area contributed by atoms with Gasteiger partial charge in [-0.3, -0.25) is 0 Å². The highest BCUT2D eigenvalue weighted by atomic mass is 79.9. The van der Waals surface area contributed by atoms with Gasteiger partial charge in [0.15, 0.2) is 0 Å². The molecule has 1 aliphatic rings. The van der Waals surface area contributed by atoms with Gasteiger partial charge in [-0.2, -0.15) is 0 Å². The first-order valence-corrected chi connectivity index (χ1v) is 7.43. The standard InChI is InChI=1S/C16H15BrFNO/c17-12-1-7-15(8-2-12)20-16-9-10-19(11-16)14-5-3-13(18)4-6-14/h1-8,16H,9-11H2. The Hall–Kier alpha value is -1.55. The molecule has 0 N–H and O–H groups in total. The smallest absolute Gasteiger partial charge is 0.123 e. The lowest BCUT2D eigenvalue weighted by Crippen LogP contribution is -2.24. The molecular formula is C16H15BrFNO. The van der Waals surface area contributed by atoms with Crippen LogP contribution in [0, 0.1) is 5.82 Å². The fourth-order valence-electron chi connectivity index (χ4n) is 2.42. The maximum Gasteiger partial charge on any atom is 0.123 e. The number of hydrogen-bond donors (Lipinski definition) is 0. The predicted molar refractivity (Wildman–Crippen MR) is 81.8 cm³/mol. The molecule has 20 heavy (non-hydrogen) atoms. The summed E-state index contributed by atoms with van der Waals surface area (Å²) in [6.07, 6.45) is 1.16. The summed E-state index contributed by atoms with van der Waals surface area (Å²) < 4.78 is 19.9. The lowest BCUT2D eigenvalue weighted by Gasteiger charge is -2.19. The topological polar surface area (TPSA) is 12.5 Å². The van der Waals surface area contributed by atoms with E-state index in [1.54, 1.807) is 0 Å². The van der Waals surface area contributed by atoms with Crippen LogP contribution in [0.15, 0.2) is 53.0 Å². The van der Waals surface area contributed by atoms with Crippen molar-refractivity contribution in [3.63, 3.8) is 0 Å². The number of rotatable bonds is 3. The highest BCUT2D eigenvalue weighted by Gasteiger charge is 2.24. The molecule has 1 aliphatic heterocycles. The van der Waals surface area contributed by atoms with Gasteiger partial charge in [-0.15, -0.1) is 0 Å². The summed E-state index contributed by atoms with van der Waals surface area (Å²) in [5, 5.41) is 0. The molecule has 104 valence electrons. The summed E-state index contributed by atoms with van der Waals surface area (Å²) in [6.45, 7) is 1.77. The molecule has 0 amide bonds. The van der Waals surface area contributed by atoms with Crippen molar-refractivity contribution in [2.24, 2.45) is 0 Å².